The average Bonchev–Trinajstić information content (AvgIpc) is 2.37. The number of halogens is 3. The molecule has 0 saturated heterocycles. The second-order valence-corrected chi connectivity index (χ2v) is 4.47. The van der Waals surface area contributed by atoms with Crippen LogP contribution < -0.4 is 5.32 Å². The number of hydrogen-bond donors (Lipinski definition) is 1. The van der Waals surface area contributed by atoms with E-state index in [1.165, 1.54) is 0 Å². The lowest BCUT2D eigenvalue weighted by Gasteiger charge is -2.19. The lowest BCUT2D eigenvalue weighted by Crippen LogP contribution is -2.31. The largest absolute Gasteiger partial charge is 0.471 e. The topological polar surface area (TPSA) is 89.3 Å². The van der Waals surface area contributed by atoms with Gasteiger partial charge in [0.2, 0.25) is 0 Å². The molecule has 9 heteroatoms. The van der Waals surface area contributed by atoms with Crippen LogP contribution in [0.25, 0.3) is 0 Å². The summed E-state index contributed by atoms with van der Waals surface area (Å²) in [6.07, 6.45) is -4.45. The number of nitrogens with zero attached hydrogens (tertiary/aromatic N) is 1. The minimum Gasteiger partial charge on any atom is -0.318 e. The van der Waals surface area contributed by atoms with Crippen molar-refractivity contribution in [3.63, 3.8) is 0 Å². The second kappa shape index (κ2) is 5.15. The molecule has 0 unspecified atom stereocenters. The first-order valence-corrected chi connectivity index (χ1v) is 5.93. The number of alkyl halides is 3. The standard InChI is InChI=1S/C12H9F3N2O4/c13-12(14,15)11(19)16-7-4-5-8(17(20)21)6-2-1-3-9(18)10(6)7/h4-5H,1-3H2,(H,16,19). The molecule has 0 radical (unpaired) electrons. The van der Waals surface area contributed by atoms with Crippen LogP contribution in [0.4, 0.5) is 24.5 Å². The Kier molecular flexibility index (Phi) is 3.67. The number of nitro benzene ring substituents is 1. The number of carbonyl (C=O) groups excluding carboxylic acids is 2. The molecule has 0 atom stereocenters. The van der Waals surface area contributed by atoms with Crippen LogP contribution in [-0.4, -0.2) is 22.8 Å². The van der Waals surface area contributed by atoms with Gasteiger partial charge in [-0.1, -0.05) is 0 Å². The number of ketones is 1. The maximum Gasteiger partial charge on any atom is 0.471 e. The number of hydrogen-bond acceptors (Lipinski definition) is 4. The molecule has 0 saturated carbocycles. The van der Waals surface area contributed by atoms with Gasteiger partial charge in [0.05, 0.1) is 16.2 Å². The Morgan fingerprint density at radius 3 is 2.52 bits per heavy atom. The smallest absolute Gasteiger partial charge is 0.318 e. The van der Waals surface area contributed by atoms with Crippen molar-refractivity contribution in [2.75, 3.05) is 5.32 Å². The molecule has 0 spiro atoms. The Morgan fingerprint density at radius 1 is 1.29 bits per heavy atom. The molecule has 0 heterocycles. The van der Waals surface area contributed by atoms with Crippen molar-refractivity contribution in [3.8, 4) is 0 Å². The first kappa shape index (κ1) is 14.9. The van der Waals surface area contributed by atoms with Gasteiger partial charge >= 0.3 is 12.1 Å². The SMILES string of the molecule is O=C1CCCc2c([N+](=O)[O-])ccc(NC(=O)C(F)(F)F)c21. The Labute approximate surface area is 116 Å². The van der Waals surface area contributed by atoms with Crippen molar-refractivity contribution in [1.29, 1.82) is 0 Å². The van der Waals surface area contributed by atoms with Crippen LogP contribution in [0.5, 0.6) is 0 Å². The van der Waals surface area contributed by atoms with E-state index in [0.29, 0.717) is 6.42 Å². The molecule has 0 fully saturated rings. The fourth-order valence-corrected chi connectivity index (χ4v) is 2.23. The zero-order valence-electron chi connectivity index (χ0n) is 10.5. The third kappa shape index (κ3) is 2.86. The summed E-state index contributed by atoms with van der Waals surface area (Å²) in [6.45, 7) is 0. The predicted octanol–water partition coefficient (Wildman–Crippen LogP) is 2.61. The number of nitrogens with one attached hydrogen (secondary N) is 1. The lowest BCUT2D eigenvalue weighted by molar-refractivity contribution is -0.385. The Balaban J connectivity index is 2.51. The highest BCUT2D eigenvalue weighted by Crippen LogP contribution is 2.35. The van der Waals surface area contributed by atoms with Gasteiger partial charge in [-0.15, -0.1) is 0 Å². The van der Waals surface area contributed by atoms with Gasteiger partial charge in [0, 0.05) is 18.1 Å². The van der Waals surface area contributed by atoms with Gasteiger partial charge in [0.25, 0.3) is 5.69 Å². The minimum atomic E-state index is -5.10. The molecule has 1 amide bonds. The molecule has 21 heavy (non-hydrogen) atoms. The molecule has 2 rings (SSSR count). The minimum absolute atomic E-state index is 0.0659. The van der Waals surface area contributed by atoms with Gasteiger partial charge in [0.1, 0.15) is 0 Å². The Morgan fingerprint density at radius 2 is 1.95 bits per heavy atom. The summed E-state index contributed by atoms with van der Waals surface area (Å²) in [7, 11) is 0. The molecular weight excluding hydrogens is 293 g/mol. The van der Waals surface area contributed by atoms with E-state index in [4.69, 9.17) is 0 Å². The molecule has 112 valence electrons. The van der Waals surface area contributed by atoms with Crippen LogP contribution in [0.2, 0.25) is 0 Å². The monoisotopic (exact) mass is 302 g/mol. The number of amides is 1. The predicted molar refractivity (Wildman–Crippen MR) is 65.0 cm³/mol. The van der Waals surface area contributed by atoms with E-state index in [2.05, 4.69) is 0 Å². The number of anilines is 1. The first-order valence-electron chi connectivity index (χ1n) is 5.93. The first-order chi connectivity index (χ1) is 9.71. The third-order valence-electron chi connectivity index (χ3n) is 3.10. The van der Waals surface area contributed by atoms with Crippen molar-refractivity contribution in [1.82, 2.24) is 0 Å². The zero-order valence-corrected chi connectivity index (χ0v) is 10.5. The molecule has 0 aromatic heterocycles. The number of benzene rings is 1. The highest BCUT2D eigenvalue weighted by Gasteiger charge is 2.40. The normalized spacial score (nSPS) is 14.5. The highest BCUT2D eigenvalue weighted by atomic mass is 19.4. The van der Waals surface area contributed by atoms with Crippen molar-refractivity contribution in [3.05, 3.63) is 33.4 Å². The van der Waals surface area contributed by atoms with Gasteiger partial charge in [0.15, 0.2) is 5.78 Å². The molecular formula is C12H9F3N2O4. The van der Waals surface area contributed by atoms with E-state index in [-0.39, 0.29) is 35.3 Å². The molecule has 1 aliphatic carbocycles. The van der Waals surface area contributed by atoms with Gasteiger partial charge in [-0.3, -0.25) is 19.7 Å². The number of Topliss-reactive ketones (excluding diaryl/α,β-unsaturated/α-hetero) is 1. The van der Waals surface area contributed by atoms with Crippen LogP contribution in [0.15, 0.2) is 12.1 Å². The molecule has 6 nitrogen and oxygen atoms in total. The van der Waals surface area contributed by atoms with Crippen LogP contribution >= 0.6 is 0 Å². The summed E-state index contributed by atoms with van der Waals surface area (Å²) in [5, 5.41) is 12.5. The summed E-state index contributed by atoms with van der Waals surface area (Å²) in [5.74, 6) is -2.74. The fourth-order valence-electron chi connectivity index (χ4n) is 2.23. The Hall–Kier alpha value is -2.45. The quantitative estimate of drug-likeness (QED) is 0.671. The van der Waals surface area contributed by atoms with Gasteiger partial charge < -0.3 is 5.32 Å². The fraction of sp³-hybridized carbons (Fsp3) is 0.333. The van der Waals surface area contributed by atoms with Gasteiger partial charge in [-0.2, -0.15) is 13.2 Å². The summed E-state index contributed by atoms with van der Waals surface area (Å²) < 4.78 is 36.8. The summed E-state index contributed by atoms with van der Waals surface area (Å²) in [6, 6.07) is 1.94. The van der Waals surface area contributed by atoms with E-state index in [1.54, 1.807) is 5.32 Å². The molecule has 1 aromatic carbocycles. The van der Waals surface area contributed by atoms with Crippen molar-refractivity contribution < 1.29 is 27.7 Å². The third-order valence-corrected chi connectivity index (χ3v) is 3.10. The van der Waals surface area contributed by atoms with E-state index in [9.17, 15) is 32.9 Å². The van der Waals surface area contributed by atoms with Gasteiger partial charge in [-0.25, -0.2) is 0 Å². The number of fused-ring (bicyclic) bond motifs is 1. The Bertz CT molecular complexity index is 640. The molecule has 1 N–H and O–H groups in total. The van der Waals surface area contributed by atoms with Crippen LogP contribution in [0.1, 0.15) is 28.8 Å². The van der Waals surface area contributed by atoms with E-state index in [0.717, 1.165) is 12.1 Å². The zero-order chi connectivity index (χ0) is 15.8. The molecule has 1 aromatic rings. The highest BCUT2D eigenvalue weighted by molar-refractivity contribution is 6.08. The van der Waals surface area contributed by atoms with Crippen molar-refractivity contribution in [2.45, 2.75) is 25.4 Å². The molecule has 0 bridgehead atoms. The van der Waals surface area contributed by atoms with Crippen LogP contribution in [0.3, 0.4) is 0 Å². The molecule has 0 aliphatic heterocycles. The number of carbonyl (C=O) groups is 2. The van der Waals surface area contributed by atoms with Crippen LogP contribution in [-0.2, 0) is 11.2 Å². The summed E-state index contributed by atoms with van der Waals surface area (Å²) in [5.41, 5.74) is -0.810. The molecule has 1 aliphatic rings. The van der Waals surface area contributed by atoms with Gasteiger partial charge in [-0.05, 0) is 18.9 Å². The maximum atomic E-state index is 12.3. The lowest BCUT2D eigenvalue weighted by atomic mass is 9.88. The average molecular weight is 302 g/mol. The maximum absolute atomic E-state index is 12.3. The number of rotatable bonds is 2. The number of nitro groups is 1. The summed E-state index contributed by atoms with van der Waals surface area (Å²) >= 11 is 0. The summed E-state index contributed by atoms with van der Waals surface area (Å²) in [4.78, 5) is 33.0. The van der Waals surface area contributed by atoms with Crippen molar-refractivity contribution >= 4 is 23.1 Å². The van der Waals surface area contributed by atoms with E-state index < -0.39 is 22.8 Å². The van der Waals surface area contributed by atoms with Crippen molar-refractivity contribution in [2.24, 2.45) is 0 Å². The van der Waals surface area contributed by atoms with Crippen LogP contribution in [0, 0.1) is 10.1 Å². The van der Waals surface area contributed by atoms with E-state index >= 15 is 0 Å². The second-order valence-electron chi connectivity index (χ2n) is 4.47. The van der Waals surface area contributed by atoms with E-state index in [1.807, 2.05) is 0 Å².